The van der Waals surface area contributed by atoms with E-state index in [1.807, 2.05) is 0 Å². The van der Waals surface area contributed by atoms with Gasteiger partial charge in [0, 0.05) is 88.7 Å². The summed E-state index contributed by atoms with van der Waals surface area (Å²) in [6.07, 6.45) is -2.46. The van der Waals surface area contributed by atoms with Crippen molar-refractivity contribution in [3.63, 3.8) is 0 Å². The molecule has 0 aromatic rings. The van der Waals surface area contributed by atoms with E-state index in [1.165, 1.54) is 12.2 Å². The maximum atomic E-state index is 12.8. The molecule has 10 N–H and O–H groups in total. The van der Waals surface area contributed by atoms with Crippen molar-refractivity contribution in [1.82, 2.24) is 10.6 Å². The Hall–Kier alpha value is -6.60. The standard InChI is InChI=1S/C43H52N4O16/c1-40(12-11-33(54)55)24(14-35(58)59)38-39-42(3,19-37(62)63)21(6-9-31(50)51)26(45-39)16-29-41(2,18-36(60)61)22(7-10-32(52)53)27(44-29)17-43(4)23(13-34(56)57)20(5-8-30(48)49)25(47-43)15-28(40)46-38/h15-16,21,24,45-46H,5-14,17-19H2,1-4H3,(H,48,49)(H,50,51)(H,52,53)(H,54,55)(H,56,57)(H,58,59)(H,60,61)(H,62,63)/t21-,24+,40-,41+,42+,43+/m1/s1. The van der Waals surface area contributed by atoms with Crippen molar-refractivity contribution < 1.29 is 79.2 Å². The van der Waals surface area contributed by atoms with Gasteiger partial charge in [0.05, 0.1) is 42.6 Å². The van der Waals surface area contributed by atoms with Gasteiger partial charge in [0.15, 0.2) is 0 Å². The number of nitrogens with one attached hydrogen (secondary N) is 2. The summed E-state index contributed by atoms with van der Waals surface area (Å²) in [6.45, 7) is 6.33. The van der Waals surface area contributed by atoms with Crippen LogP contribution in [0.3, 0.4) is 0 Å². The Bertz CT molecular complexity index is 2300. The molecule has 0 radical (unpaired) electrons. The first kappa shape index (κ1) is 47.4. The Morgan fingerprint density at radius 2 is 1.25 bits per heavy atom. The van der Waals surface area contributed by atoms with Crippen molar-refractivity contribution in [3.05, 3.63) is 57.4 Å². The molecule has 20 heteroatoms. The van der Waals surface area contributed by atoms with Gasteiger partial charge < -0.3 is 51.5 Å². The topological polar surface area (TPSA) is 347 Å². The molecule has 63 heavy (non-hydrogen) atoms. The lowest BCUT2D eigenvalue weighted by molar-refractivity contribution is -0.141. The number of allylic oxidation sites excluding steroid dienone is 8. The van der Waals surface area contributed by atoms with E-state index in [4.69, 9.17) is 9.98 Å². The van der Waals surface area contributed by atoms with Crippen LogP contribution in [0.15, 0.2) is 67.3 Å². The lowest BCUT2D eigenvalue weighted by atomic mass is 9.67. The van der Waals surface area contributed by atoms with Crippen LogP contribution in [0.25, 0.3) is 0 Å². The van der Waals surface area contributed by atoms with Gasteiger partial charge in [-0.3, -0.25) is 48.3 Å². The molecule has 2 saturated heterocycles. The van der Waals surface area contributed by atoms with Gasteiger partial charge in [-0.1, -0.05) is 13.8 Å². The van der Waals surface area contributed by atoms with Gasteiger partial charge in [0.25, 0.3) is 0 Å². The highest BCUT2D eigenvalue weighted by Gasteiger charge is 2.56. The van der Waals surface area contributed by atoms with Crippen molar-refractivity contribution in [2.24, 2.45) is 38.1 Å². The van der Waals surface area contributed by atoms with Gasteiger partial charge in [-0.25, -0.2) is 0 Å². The number of aliphatic carboxylic acids is 8. The van der Waals surface area contributed by atoms with E-state index >= 15 is 0 Å². The molecule has 5 rings (SSSR count). The highest BCUT2D eigenvalue weighted by Crippen LogP contribution is 2.58. The van der Waals surface area contributed by atoms with Crippen LogP contribution in [-0.2, 0) is 38.4 Å². The molecule has 340 valence electrons. The molecule has 0 aromatic heterocycles. The maximum Gasteiger partial charge on any atom is 0.307 e. The SMILES string of the molecule is C[C@@]1(CC(=O)O)C2=NC(=C1CCC(=O)O)C[C@]1(C)N=C(C=C3NC(=C4NC(=C2)[C@@H](CCC(=O)O)[C@]4(C)CC(=O)O)[C@H](CC(=O)O)[C@@]3(C)CCC(=O)O)C(CCC(=O)O)=C1CC(=O)O. The number of hydrogen-bond donors (Lipinski definition) is 10. The van der Waals surface area contributed by atoms with E-state index in [0.717, 1.165) is 0 Å². The summed E-state index contributed by atoms with van der Waals surface area (Å²) in [6, 6.07) is 0. The fraction of sp³-hybridized carbons (Fsp3) is 0.535. The number of carboxylic acid groups (broad SMARTS) is 8. The van der Waals surface area contributed by atoms with Crippen LogP contribution in [0, 0.1) is 28.1 Å². The highest BCUT2D eigenvalue weighted by molar-refractivity contribution is 6.12. The summed E-state index contributed by atoms with van der Waals surface area (Å²) in [4.78, 5) is 109. The summed E-state index contributed by atoms with van der Waals surface area (Å²) < 4.78 is 0. The smallest absolute Gasteiger partial charge is 0.307 e. The van der Waals surface area contributed by atoms with E-state index in [9.17, 15) is 79.2 Å². The minimum Gasteiger partial charge on any atom is -0.481 e. The second-order valence-corrected chi connectivity index (χ2v) is 17.7. The zero-order chi connectivity index (χ0) is 47.0. The van der Waals surface area contributed by atoms with Gasteiger partial charge in [0.2, 0.25) is 0 Å². The zero-order valence-electron chi connectivity index (χ0n) is 35.2. The van der Waals surface area contributed by atoms with Crippen LogP contribution in [0.1, 0.15) is 111 Å². The van der Waals surface area contributed by atoms with E-state index < -0.39 is 133 Å². The number of aliphatic imine (C=N–C) groups is 2. The third kappa shape index (κ3) is 9.58. The van der Waals surface area contributed by atoms with Gasteiger partial charge in [-0.15, -0.1) is 0 Å². The fourth-order valence-electron chi connectivity index (χ4n) is 10.2. The molecule has 20 nitrogen and oxygen atoms in total. The highest BCUT2D eigenvalue weighted by atomic mass is 16.4. The van der Waals surface area contributed by atoms with Crippen LogP contribution in [0.2, 0.25) is 0 Å². The summed E-state index contributed by atoms with van der Waals surface area (Å²) in [5.41, 5.74) is -4.28. The van der Waals surface area contributed by atoms with Crippen molar-refractivity contribution in [3.8, 4) is 0 Å². The molecule has 0 aliphatic carbocycles. The average molecular weight is 881 g/mol. The van der Waals surface area contributed by atoms with Crippen molar-refractivity contribution in [2.75, 3.05) is 0 Å². The van der Waals surface area contributed by atoms with Gasteiger partial charge >= 0.3 is 47.8 Å². The Balaban J connectivity index is 2.00. The van der Waals surface area contributed by atoms with Gasteiger partial charge in [-0.2, -0.15) is 0 Å². The molecule has 6 atom stereocenters. The number of carboxylic acids is 8. The minimum absolute atomic E-state index is 0.0779. The molecular weight excluding hydrogens is 828 g/mol. The second-order valence-electron chi connectivity index (χ2n) is 17.7. The van der Waals surface area contributed by atoms with E-state index in [2.05, 4.69) is 10.6 Å². The van der Waals surface area contributed by atoms with Crippen molar-refractivity contribution in [2.45, 2.75) is 117 Å². The Morgan fingerprint density at radius 3 is 1.81 bits per heavy atom. The molecule has 0 saturated carbocycles. The number of hydrogen-bond acceptors (Lipinski definition) is 12. The maximum absolute atomic E-state index is 12.8. The van der Waals surface area contributed by atoms with Gasteiger partial charge in [-0.05, 0) is 68.4 Å². The predicted molar refractivity (Wildman–Crippen MR) is 219 cm³/mol. The molecule has 0 unspecified atom stereocenters. The zero-order valence-corrected chi connectivity index (χ0v) is 35.2. The second kappa shape index (κ2) is 17.6. The normalized spacial score (nSPS) is 28.5. The first-order valence-corrected chi connectivity index (χ1v) is 20.3. The van der Waals surface area contributed by atoms with Crippen LogP contribution >= 0.6 is 0 Å². The van der Waals surface area contributed by atoms with Crippen molar-refractivity contribution >= 4 is 59.2 Å². The molecule has 0 spiro atoms. The van der Waals surface area contributed by atoms with Gasteiger partial charge in [0.1, 0.15) is 0 Å². The fourth-order valence-corrected chi connectivity index (χ4v) is 10.2. The summed E-state index contributed by atoms with van der Waals surface area (Å²) in [5.74, 6) is -12.2. The number of nitrogens with zero attached hydrogens (tertiary/aromatic N) is 2. The lowest BCUT2D eigenvalue weighted by Crippen LogP contribution is -2.33. The minimum atomic E-state index is -1.55. The average Bonchev–Trinajstić information content (AvgIpc) is 3.73. The Kier molecular flexibility index (Phi) is 13.3. The van der Waals surface area contributed by atoms with Crippen LogP contribution in [0.4, 0.5) is 0 Å². The van der Waals surface area contributed by atoms with Crippen LogP contribution in [-0.4, -0.2) is 106 Å². The molecule has 0 aromatic carbocycles. The van der Waals surface area contributed by atoms with E-state index in [0.29, 0.717) is 0 Å². The van der Waals surface area contributed by atoms with Crippen molar-refractivity contribution in [1.29, 1.82) is 0 Å². The largest absolute Gasteiger partial charge is 0.481 e. The Labute approximate surface area is 360 Å². The molecule has 5 heterocycles. The lowest BCUT2D eigenvalue weighted by Gasteiger charge is -2.34. The monoisotopic (exact) mass is 880 g/mol. The summed E-state index contributed by atoms with van der Waals surface area (Å²) in [7, 11) is 0. The molecular formula is C43H52N4O16. The van der Waals surface area contributed by atoms with Crippen LogP contribution < -0.4 is 10.6 Å². The van der Waals surface area contributed by atoms with E-state index in [1.54, 1.807) is 27.7 Å². The molecule has 0 amide bonds. The first-order valence-electron chi connectivity index (χ1n) is 20.3. The number of carbonyl (C=O) groups is 8. The number of rotatable bonds is 20. The quantitative estimate of drug-likeness (QED) is 0.0809. The molecule has 2 fully saturated rings. The summed E-state index contributed by atoms with van der Waals surface area (Å²) >= 11 is 0. The molecule has 5 aliphatic heterocycles. The predicted octanol–water partition coefficient (Wildman–Crippen LogP) is 4.40. The molecule has 8 bridgehead atoms. The number of fused-ring (bicyclic) bond motifs is 6. The molecule has 5 aliphatic rings. The summed E-state index contributed by atoms with van der Waals surface area (Å²) in [5, 5.41) is 87.5. The first-order chi connectivity index (χ1) is 29.2. The third-order valence-electron chi connectivity index (χ3n) is 13.3. The Morgan fingerprint density at radius 1 is 0.651 bits per heavy atom. The van der Waals surface area contributed by atoms with E-state index in [-0.39, 0.29) is 88.7 Å². The van der Waals surface area contributed by atoms with Crippen LogP contribution in [0.5, 0.6) is 0 Å². The third-order valence-corrected chi connectivity index (χ3v) is 13.3.